The third-order valence-electron chi connectivity index (χ3n) is 8.67. The number of nitrogens with zero attached hydrogens (tertiary/aromatic N) is 4. The SMILES string of the molecule is O=C(N1CCC2(CCn3nc(-c4cnc5ccccc5c4)cc32)C1)C1(c2ccc(Cl)cc2)CCC1. The Kier molecular flexibility index (Phi) is 4.62. The van der Waals surface area contributed by atoms with Crippen molar-refractivity contribution < 1.29 is 4.79 Å². The molecule has 1 amide bonds. The molecule has 1 atom stereocenters. The quantitative estimate of drug-likeness (QED) is 0.373. The van der Waals surface area contributed by atoms with E-state index in [-0.39, 0.29) is 10.8 Å². The molecule has 4 heterocycles. The number of aryl methyl sites for hydroxylation is 1. The number of rotatable bonds is 3. The maximum absolute atomic E-state index is 13.9. The fourth-order valence-electron chi connectivity index (χ4n) is 6.50. The molecule has 0 bridgehead atoms. The summed E-state index contributed by atoms with van der Waals surface area (Å²) in [6.07, 6.45) is 6.91. The highest BCUT2D eigenvalue weighted by Gasteiger charge is 2.53. The van der Waals surface area contributed by atoms with Gasteiger partial charge in [-0.25, -0.2) is 0 Å². The van der Waals surface area contributed by atoms with E-state index in [2.05, 4.69) is 32.8 Å². The Morgan fingerprint density at radius 3 is 2.54 bits per heavy atom. The third kappa shape index (κ3) is 3.17. The number of fused-ring (bicyclic) bond motifs is 3. The predicted octanol–water partition coefficient (Wildman–Crippen LogP) is 5.75. The third-order valence-corrected chi connectivity index (χ3v) is 8.92. The van der Waals surface area contributed by atoms with Crippen molar-refractivity contribution in [2.45, 2.75) is 49.5 Å². The van der Waals surface area contributed by atoms with Crippen LogP contribution in [0.3, 0.4) is 0 Å². The van der Waals surface area contributed by atoms with Gasteiger partial charge in [0.25, 0.3) is 0 Å². The first-order chi connectivity index (χ1) is 17.1. The van der Waals surface area contributed by atoms with E-state index < -0.39 is 0 Å². The largest absolute Gasteiger partial charge is 0.341 e. The van der Waals surface area contributed by atoms with Gasteiger partial charge in [0.2, 0.25) is 5.91 Å². The van der Waals surface area contributed by atoms with Gasteiger partial charge in [0.05, 0.1) is 16.6 Å². The number of para-hydroxylation sites is 1. The summed E-state index contributed by atoms with van der Waals surface area (Å²) in [5, 5.41) is 6.79. The summed E-state index contributed by atoms with van der Waals surface area (Å²) in [4.78, 5) is 20.7. The molecule has 1 unspecified atom stereocenters. The molecular formula is C29H27ClN4O. The lowest BCUT2D eigenvalue weighted by molar-refractivity contribution is -0.140. The number of hydrogen-bond acceptors (Lipinski definition) is 3. The van der Waals surface area contributed by atoms with Crippen LogP contribution in [0.15, 0.2) is 66.9 Å². The van der Waals surface area contributed by atoms with E-state index in [1.54, 1.807) is 0 Å². The van der Waals surface area contributed by atoms with Crippen molar-refractivity contribution in [3.8, 4) is 11.3 Å². The second kappa shape index (κ2) is 7.66. The van der Waals surface area contributed by atoms with Gasteiger partial charge in [0.15, 0.2) is 0 Å². The van der Waals surface area contributed by atoms with E-state index in [4.69, 9.17) is 16.7 Å². The Morgan fingerprint density at radius 1 is 0.943 bits per heavy atom. The zero-order chi connectivity index (χ0) is 23.6. The molecule has 35 heavy (non-hydrogen) atoms. The number of carbonyl (C=O) groups is 1. The Morgan fingerprint density at radius 2 is 1.74 bits per heavy atom. The van der Waals surface area contributed by atoms with Crippen LogP contribution < -0.4 is 0 Å². The number of aromatic nitrogens is 3. The second-order valence-electron chi connectivity index (χ2n) is 10.5. The van der Waals surface area contributed by atoms with Crippen LogP contribution in [-0.2, 0) is 22.2 Å². The molecule has 7 rings (SSSR count). The molecule has 4 aromatic rings. The van der Waals surface area contributed by atoms with Gasteiger partial charge in [0.1, 0.15) is 0 Å². The minimum atomic E-state index is -0.378. The summed E-state index contributed by atoms with van der Waals surface area (Å²) in [5.41, 5.74) is 5.01. The van der Waals surface area contributed by atoms with Gasteiger partial charge in [-0.3, -0.25) is 14.5 Å². The molecule has 1 aliphatic carbocycles. The maximum atomic E-state index is 13.9. The Hall–Kier alpha value is -3.18. The average molecular weight is 483 g/mol. The second-order valence-corrected chi connectivity index (χ2v) is 10.9. The first-order valence-corrected chi connectivity index (χ1v) is 12.9. The fourth-order valence-corrected chi connectivity index (χ4v) is 6.63. The van der Waals surface area contributed by atoms with E-state index in [1.165, 1.54) is 5.69 Å². The van der Waals surface area contributed by atoms with Crippen molar-refractivity contribution in [2.75, 3.05) is 13.1 Å². The van der Waals surface area contributed by atoms with E-state index in [9.17, 15) is 4.79 Å². The number of likely N-dealkylation sites (tertiary alicyclic amines) is 1. The van der Waals surface area contributed by atoms with Gasteiger partial charge in [-0.1, -0.05) is 48.4 Å². The molecular weight excluding hydrogens is 456 g/mol. The van der Waals surface area contributed by atoms with Gasteiger partial charge in [0, 0.05) is 52.9 Å². The molecule has 6 heteroatoms. The highest BCUT2D eigenvalue weighted by molar-refractivity contribution is 6.30. The van der Waals surface area contributed by atoms with Crippen molar-refractivity contribution in [3.63, 3.8) is 0 Å². The van der Waals surface area contributed by atoms with Crippen LogP contribution in [-0.4, -0.2) is 38.7 Å². The molecule has 2 aromatic carbocycles. The van der Waals surface area contributed by atoms with E-state index in [1.807, 2.05) is 48.7 Å². The van der Waals surface area contributed by atoms with Crippen LogP contribution >= 0.6 is 11.6 Å². The van der Waals surface area contributed by atoms with Crippen LogP contribution in [0.1, 0.15) is 43.4 Å². The summed E-state index contributed by atoms with van der Waals surface area (Å²) < 4.78 is 2.16. The van der Waals surface area contributed by atoms with Crippen LogP contribution in [0.2, 0.25) is 5.02 Å². The Bertz CT molecular complexity index is 1460. The molecule has 1 saturated heterocycles. The van der Waals surface area contributed by atoms with Crippen molar-refractivity contribution in [2.24, 2.45) is 0 Å². The molecule has 2 fully saturated rings. The van der Waals surface area contributed by atoms with E-state index in [0.29, 0.717) is 10.9 Å². The number of hydrogen-bond donors (Lipinski definition) is 0. The fraction of sp³-hybridized carbons (Fsp3) is 0.345. The number of amides is 1. The molecule has 2 aromatic heterocycles. The van der Waals surface area contributed by atoms with Crippen LogP contribution in [0.4, 0.5) is 0 Å². The standard InChI is InChI=1S/C29H27ClN4O/c30-23-8-6-22(7-9-23)29(10-3-11-29)27(35)33-14-12-28(19-33)13-15-34-26(28)17-25(32-34)21-16-20-4-1-2-5-24(20)31-18-21/h1-2,4-9,16-18H,3,10-15,19H2. The molecule has 0 N–H and O–H groups in total. The molecule has 1 saturated carbocycles. The van der Waals surface area contributed by atoms with Gasteiger partial charge in [-0.2, -0.15) is 5.10 Å². The lowest BCUT2D eigenvalue weighted by Gasteiger charge is -2.43. The lowest BCUT2D eigenvalue weighted by atomic mass is 9.63. The Labute approximate surface area is 209 Å². The summed E-state index contributed by atoms with van der Waals surface area (Å²) in [6.45, 7) is 2.50. The smallest absolute Gasteiger partial charge is 0.233 e. The maximum Gasteiger partial charge on any atom is 0.233 e. The molecule has 1 spiro atoms. The van der Waals surface area contributed by atoms with Crippen LogP contribution in [0.25, 0.3) is 22.2 Å². The first kappa shape index (κ1) is 21.1. The zero-order valence-corrected chi connectivity index (χ0v) is 20.3. The number of pyridine rings is 1. The molecule has 0 radical (unpaired) electrons. The summed E-state index contributed by atoms with van der Waals surface area (Å²) in [7, 11) is 0. The number of halogens is 1. The van der Waals surface area contributed by atoms with E-state index in [0.717, 1.165) is 79.5 Å². The van der Waals surface area contributed by atoms with Crippen LogP contribution in [0.5, 0.6) is 0 Å². The zero-order valence-electron chi connectivity index (χ0n) is 19.6. The van der Waals surface area contributed by atoms with Gasteiger partial charge >= 0.3 is 0 Å². The van der Waals surface area contributed by atoms with Crippen molar-refractivity contribution in [1.82, 2.24) is 19.7 Å². The minimum Gasteiger partial charge on any atom is -0.341 e. The molecule has 3 aliphatic rings. The number of carbonyl (C=O) groups excluding carboxylic acids is 1. The van der Waals surface area contributed by atoms with Gasteiger partial charge in [-0.05, 0) is 61.6 Å². The summed E-state index contributed by atoms with van der Waals surface area (Å²) >= 11 is 6.13. The van der Waals surface area contributed by atoms with Crippen LogP contribution in [0, 0.1) is 0 Å². The highest BCUT2D eigenvalue weighted by atomic mass is 35.5. The minimum absolute atomic E-state index is 0.00385. The van der Waals surface area contributed by atoms with Crippen molar-refractivity contribution in [1.29, 1.82) is 0 Å². The summed E-state index contributed by atoms with van der Waals surface area (Å²) in [6, 6.07) is 20.5. The molecule has 176 valence electrons. The highest BCUT2D eigenvalue weighted by Crippen LogP contribution is 2.49. The summed E-state index contributed by atoms with van der Waals surface area (Å²) in [5.74, 6) is 0.292. The first-order valence-electron chi connectivity index (χ1n) is 12.6. The van der Waals surface area contributed by atoms with Crippen molar-refractivity contribution in [3.05, 3.63) is 83.1 Å². The van der Waals surface area contributed by atoms with Gasteiger partial charge < -0.3 is 4.90 Å². The van der Waals surface area contributed by atoms with Crippen molar-refractivity contribution >= 4 is 28.4 Å². The topological polar surface area (TPSA) is 51.0 Å². The molecule has 5 nitrogen and oxygen atoms in total. The van der Waals surface area contributed by atoms with E-state index >= 15 is 0 Å². The number of benzene rings is 2. The normalized spacial score (nSPS) is 22.5. The van der Waals surface area contributed by atoms with Gasteiger partial charge in [-0.15, -0.1) is 0 Å². The molecule has 2 aliphatic heterocycles. The average Bonchev–Trinajstić information content (AvgIpc) is 3.56. The lowest BCUT2D eigenvalue weighted by Crippen LogP contribution is -2.51. The monoisotopic (exact) mass is 482 g/mol. The Balaban J connectivity index is 1.17. The predicted molar refractivity (Wildman–Crippen MR) is 137 cm³/mol.